The Balaban J connectivity index is 2.10. The number of aromatic nitrogens is 1. The van der Waals surface area contributed by atoms with Crippen LogP contribution in [0.5, 0.6) is 0 Å². The lowest BCUT2D eigenvalue weighted by Crippen LogP contribution is -2.26. The lowest BCUT2D eigenvalue weighted by Gasteiger charge is -2.08. The molecule has 1 rings (SSSR count). The van der Waals surface area contributed by atoms with Gasteiger partial charge >= 0.3 is 12.1 Å². The lowest BCUT2D eigenvalue weighted by molar-refractivity contribution is -0.148. The maximum absolute atomic E-state index is 11.3. The normalized spacial score (nSPS) is 10.1. The molecule has 19 heavy (non-hydrogen) atoms. The molecule has 0 saturated heterocycles. The van der Waals surface area contributed by atoms with E-state index in [1.165, 1.54) is 0 Å². The van der Waals surface area contributed by atoms with E-state index in [9.17, 15) is 9.59 Å². The number of hydrogen-bond donors (Lipinski definition) is 1. The first-order chi connectivity index (χ1) is 9.09. The molecule has 0 aliphatic carbocycles. The number of esters is 1. The van der Waals surface area contributed by atoms with Crippen molar-refractivity contribution < 1.29 is 19.1 Å². The fraction of sp³-hybridized carbons (Fsp3) is 0.462. The highest BCUT2D eigenvalue weighted by atomic mass is 16.6. The van der Waals surface area contributed by atoms with Crippen molar-refractivity contribution in [1.29, 1.82) is 0 Å². The van der Waals surface area contributed by atoms with E-state index < -0.39 is 6.09 Å². The molecule has 1 aromatic heterocycles. The first-order valence-electron chi connectivity index (χ1n) is 6.05. The second kappa shape index (κ2) is 8.07. The van der Waals surface area contributed by atoms with Crippen molar-refractivity contribution in [1.82, 2.24) is 10.3 Å². The Labute approximate surface area is 112 Å². The summed E-state index contributed by atoms with van der Waals surface area (Å²) in [6.45, 7) is 3.93. The van der Waals surface area contributed by atoms with Crippen LogP contribution in [-0.2, 0) is 20.8 Å². The Morgan fingerprint density at radius 1 is 1.32 bits per heavy atom. The summed E-state index contributed by atoms with van der Waals surface area (Å²) in [7, 11) is 0. The van der Waals surface area contributed by atoms with Gasteiger partial charge in [-0.1, -0.05) is 19.9 Å². The van der Waals surface area contributed by atoms with Crippen molar-refractivity contribution in [3.8, 4) is 0 Å². The SMILES string of the molecule is CC(C)C(=O)OCCOC(=O)NCc1cccnc1. The second-order valence-corrected chi connectivity index (χ2v) is 4.17. The van der Waals surface area contributed by atoms with E-state index in [1.54, 1.807) is 32.3 Å². The maximum Gasteiger partial charge on any atom is 0.407 e. The Morgan fingerprint density at radius 2 is 2.05 bits per heavy atom. The molecule has 104 valence electrons. The number of nitrogens with one attached hydrogen (secondary N) is 1. The van der Waals surface area contributed by atoms with Crippen LogP contribution in [-0.4, -0.2) is 30.3 Å². The monoisotopic (exact) mass is 266 g/mol. The summed E-state index contributed by atoms with van der Waals surface area (Å²) < 4.78 is 9.71. The van der Waals surface area contributed by atoms with Gasteiger partial charge in [0.05, 0.1) is 5.92 Å². The van der Waals surface area contributed by atoms with Crippen LogP contribution in [0.1, 0.15) is 19.4 Å². The number of pyridine rings is 1. The van der Waals surface area contributed by atoms with Crippen LogP contribution in [0.3, 0.4) is 0 Å². The highest BCUT2D eigenvalue weighted by molar-refractivity contribution is 5.71. The molecule has 6 heteroatoms. The molecular formula is C13H18N2O4. The average Bonchev–Trinajstić information content (AvgIpc) is 2.42. The van der Waals surface area contributed by atoms with E-state index in [1.807, 2.05) is 6.07 Å². The second-order valence-electron chi connectivity index (χ2n) is 4.17. The van der Waals surface area contributed by atoms with Crippen molar-refractivity contribution in [2.24, 2.45) is 5.92 Å². The Morgan fingerprint density at radius 3 is 2.68 bits per heavy atom. The van der Waals surface area contributed by atoms with Gasteiger partial charge in [-0.3, -0.25) is 9.78 Å². The summed E-state index contributed by atoms with van der Waals surface area (Å²) in [4.78, 5) is 26.3. The van der Waals surface area contributed by atoms with Crippen molar-refractivity contribution in [2.45, 2.75) is 20.4 Å². The van der Waals surface area contributed by atoms with Gasteiger partial charge in [0.2, 0.25) is 0 Å². The molecule has 1 aromatic rings. The van der Waals surface area contributed by atoms with Gasteiger partial charge in [0.1, 0.15) is 13.2 Å². The Kier molecular flexibility index (Phi) is 6.35. The fourth-order valence-electron chi connectivity index (χ4n) is 1.17. The van der Waals surface area contributed by atoms with Crippen molar-refractivity contribution in [3.05, 3.63) is 30.1 Å². The van der Waals surface area contributed by atoms with Crippen molar-refractivity contribution >= 4 is 12.1 Å². The van der Waals surface area contributed by atoms with Gasteiger partial charge in [-0.15, -0.1) is 0 Å². The van der Waals surface area contributed by atoms with Gasteiger partial charge in [-0.2, -0.15) is 0 Å². The minimum absolute atomic E-state index is 0.0390. The number of nitrogens with zero attached hydrogens (tertiary/aromatic N) is 1. The summed E-state index contributed by atoms with van der Waals surface area (Å²) in [5.74, 6) is -0.487. The van der Waals surface area contributed by atoms with Gasteiger partial charge < -0.3 is 14.8 Å². The molecule has 0 bridgehead atoms. The highest BCUT2D eigenvalue weighted by Crippen LogP contribution is 1.96. The predicted octanol–water partition coefficient (Wildman–Crippen LogP) is 1.51. The zero-order valence-corrected chi connectivity index (χ0v) is 11.1. The van der Waals surface area contributed by atoms with E-state index in [4.69, 9.17) is 9.47 Å². The van der Waals surface area contributed by atoms with E-state index in [-0.39, 0.29) is 25.1 Å². The topological polar surface area (TPSA) is 77.5 Å². The van der Waals surface area contributed by atoms with Crippen LogP contribution >= 0.6 is 0 Å². The van der Waals surface area contributed by atoms with Gasteiger partial charge in [-0.05, 0) is 11.6 Å². The van der Waals surface area contributed by atoms with Crippen LogP contribution < -0.4 is 5.32 Å². The Hall–Kier alpha value is -2.11. The third-order valence-electron chi connectivity index (χ3n) is 2.19. The van der Waals surface area contributed by atoms with Crippen LogP contribution in [0.4, 0.5) is 4.79 Å². The number of rotatable bonds is 6. The van der Waals surface area contributed by atoms with E-state index in [0.29, 0.717) is 6.54 Å². The van der Waals surface area contributed by atoms with Crippen LogP contribution in [0.25, 0.3) is 0 Å². The minimum Gasteiger partial charge on any atom is -0.462 e. The van der Waals surface area contributed by atoms with Gasteiger partial charge in [-0.25, -0.2) is 4.79 Å². The van der Waals surface area contributed by atoms with Crippen LogP contribution in [0.15, 0.2) is 24.5 Å². The third kappa shape index (κ3) is 6.40. The molecule has 1 amide bonds. The standard InChI is InChI=1S/C13H18N2O4/c1-10(2)12(16)18-6-7-19-13(17)15-9-11-4-3-5-14-8-11/h3-5,8,10H,6-7,9H2,1-2H3,(H,15,17). The molecule has 0 radical (unpaired) electrons. The largest absolute Gasteiger partial charge is 0.462 e. The Bertz CT molecular complexity index is 406. The van der Waals surface area contributed by atoms with Gasteiger partial charge in [0.25, 0.3) is 0 Å². The molecule has 0 atom stereocenters. The predicted molar refractivity (Wildman–Crippen MR) is 68.2 cm³/mol. The van der Waals surface area contributed by atoms with Crippen molar-refractivity contribution in [2.75, 3.05) is 13.2 Å². The number of ether oxygens (including phenoxy) is 2. The quantitative estimate of drug-likeness (QED) is 0.623. The van der Waals surface area contributed by atoms with Crippen LogP contribution in [0.2, 0.25) is 0 Å². The maximum atomic E-state index is 11.3. The molecule has 0 unspecified atom stereocenters. The van der Waals surface area contributed by atoms with E-state index >= 15 is 0 Å². The average molecular weight is 266 g/mol. The zero-order valence-electron chi connectivity index (χ0n) is 11.1. The summed E-state index contributed by atoms with van der Waals surface area (Å²) in [5.41, 5.74) is 0.880. The zero-order chi connectivity index (χ0) is 14.1. The summed E-state index contributed by atoms with van der Waals surface area (Å²) in [6.07, 6.45) is 2.76. The number of alkyl carbamates (subject to hydrolysis) is 1. The smallest absolute Gasteiger partial charge is 0.407 e. The molecule has 0 aliphatic rings. The van der Waals surface area contributed by atoms with E-state index in [2.05, 4.69) is 10.3 Å². The first kappa shape index (κ1) is 14.9. The number of carbonyl (C=O) groups excluding carboxylic acids is 2. The molecule has 0 spiro atoms. The first-order valence-corrected chi connectivity index (χ1v) is 6.05. The molecule has 0 fully saturated rings. The van der Waals surface area contributed by atoms with Gasteiger partial charge in [0, 0.05) is 18.9 Å². The summed E-state index contributed by atoms with van der Waals surface area (Å²) in [6, 6.07) is 3.63. The number of hydrogen-bond acceptors (Lipinski definition) is 5. The molecule has 1 N–H and O–H groups in total. The fourth-order valence-corrected chi connectivity index (χ4v) is 1.17. The summed E-state index contributed by atoms with van der Waals surface area (Å²) >= 11 is 0. The summed E-state index contributed by atoms with van der Waals surface area (Å²) in [5, 5.41) is 2.57. The molecule has 6 nitrogen and oxygen atoms in total. The number of carbonyl (C=O) groups is 2. The van der Waals surface area contributed by atoms with E-state index in [0.717, 1.165) is 5.56 Å². The van der Waals surface area contributed by atoms with Gasteiger partial charge in [0.15, 0.2) is 0 Å². The highest BCUT2D eigenvalue weighted by Gasteiger charge is 2.08. The van der Waals surface area contributed by atoms with Crippen LogP contribution in [0, 0.1) is 5.92 Å². The molecule has 0 aliphatic heterocycles. The molecule has 0 aromatic carbocycles. The molecule has 0 saturated carbocycles. The lowest BCUT2D eigenvalue weighted by atomic mass is 10.2. The molecule has 1 heterocycles. The minimum atomic E-state index is -0.551. The third-order valence-corrected chi connectivity index (χ3v) is 2.19. The molecular weight excluding hydrogens is 248 g/mol. The number of amides is 1. The van der Waals surface area contributed by atoms with Crippen molar-refractivity contribution in [3.63, 3.8) is 0 Å².